The quantitative estimate of drug-likeness (QED) is 0.116. The Hall–Kier alpha value is -5.08. The summed E-state index contributed by atoms with van der Waals surface area (Å²) in [6.07, 6.45) is 9.25. The Morgan fingerprint density at radius 2 is 0.571 bits per heavy atom. The van der Waals surface area contributed by atoms with Crippen LogP contribution >= 0.6 is 0 Å². The molecule has 0 atom stereocenters. The smallest absolute Gasteiger partial charge is 0.0314 e. The number of nitrogen functional groups attached to an aromatic ring is 2. The van der Waals surface area contributed by atoms with Gasteiger partial charge in [-0.15, -0.1) is 0 Å². The molecule has 0 radical (unpaired) electrons. The molecule has 0 heterocycles. The van der Waals surface area contributed by atoms with Crippen molar-refractivity contribution >= 4 is 11.4 Å². The summed E-state index contributed by atoms with van der Waals surface area (Å²) in [4.78, 5) is 0. The van der Waals surface area contributed by atoms with Crippen LogP contribution in [0.15, 0.2) is 133 Å². The van der Waals surface area contributed by atoms with Crippen LogP contribution in [0.25, 0.3) is 0 Å². The largest absolute Gasteiger partial charge is 0.399 e. The van der Waals surface area contributed by atoms with Crippen LogP contribution in [0.4, 0.5) is 11.4 Å². The zero-order chi connectivity index (χ0) is 34.0. The summed E-state index contributed by atoms with van der Waals surface area (Å²) >= 11 is 0. The zero-order valence-electron chi connectivity index (χ0n) is 29.2. The SMILES string of the molecule is CCCc1cc(Cc2ccc(Cc3ccc(Cc4ccc(Cc5ccc(N)cc5)c(CCC)c4)cc3)cc2)ccc1Cc1ccc(N)cc1. The Morgan fingerprint density at radius 3 is 0.898 bits per heavy atom. The average molecular weight is 643 g/mol. The van der Waals surface area contributed by atoms with E-state index in [1.165, 1.54) is 66.8 Å². The molecule has 0 spiro atoms. The molecule has 0 saturated carbocycles. The molecule has 6 aromatic carbocycles. The van der Waals surface area contributed by atoms with Crippen LogP contribution in [0.2, 0.25) is 0 Å². The van der Waals surface area contributed by atoms with Gasteiger partial charge in [-0.25, -0.2) is 0 Å². The van der Waals surface area contributed by atoms with Crippen LogP contribution in [0.1, 0.15) is 93.5 Å². The minimum absolute atomic E-state index is 0.817. The van der Waals surface area contributed by atoms with Crippen molar-refractivity contribution in [2.45, 2.75) is 71.6 Å². The van der Waals surface area contributed by atoms with Crippen LogP contribution in [0, 0.1) is 0 Å². The number of rotatable bonds is 14. The molecule has 2 nitrogen and oxygen atoms in total. The fraction of sp³-hybridized carbons (Fsp3) is 0.234. The fourth-order valence-corrected chi connectivity index (χ4v) is 6.90. The van der Waals surface area contributed by atoms with Crippen LogP contribution in [0.3, 0.4) is 0 Å². The second-order valence-electron chi connectivity index (χ2n) is 13.7. The van der Waals surface area contributed by atoms with Gasteiger partial charge in [0.05, 0.1) is 0 Å². The van der Waals surface area contributed by atoms with Crippen LogP contribution in [0.5, 0.6) is 0 Å². The third kappa shape index (κ3) is 9.51. The minimum Gasteiger partial charge on any atom is -0.399 e. The summed E-state index contributed by atoms with van der Waals surface area (Å²) in [5.41, 5.74) is 30.0. The molecule has 0 aliphatic heterocycles. The highest BCUT2D eigenvalue weighted by Crippen LogP contribution is 2.23. The van der Waals surface area contributed by atoms with E-state index in [1.54, 1.807) is 0 Å². The Kier molecular flexibility index (Phi) is 11.3. The molecule has 4 N–H and O–H groups in total. The van der Waals surface area contributed by atoms with E-state index in [4.69, 9.17) is 11.5 Å². The Balaban J connectivity index is 1.05. The number of aryl methyl sites for hydroxylation is 2. The molecule has 0 amide bonds. The first-order chi connectivity index (χ1) is 23.9. The molecular formula is C47H50N2. The summed E-state index contributed by atoms with van der Waals surface area (Å²) in [6, 6.07) is 49.1. The van der Waals surface area contributed by atoms with Crippen molar-refractivity contribution < 1.29 is 0 Å². The van der Waals surface area contributed by atoms with Gasteiger partial charge in [-0.2, -0.15) is 0 Å². The predicted molar refractivity (Wildman–Crippen MR) is 209 cm³/mol. The lowest BCUT2D eigenvalue weighted by atomic mass is 9.92. The molecule has 0 aromatic heterocycles. The van der Waals surface area contributed by atoms with Crippen molar-refractivity contribution in [1.82, 2.24) is 0 Å². The highest BCUT2D eigenvalue weighted by Gasteiger charge is 2.09. The third-order valence-electron chi connectivity index (χ3n) is 9.60. The van der Waals surface area contributed by atoms with Crippen LogP contribution in [-0.2, 0) is 44.9 Å². The molecule has 2 heteroatoms. The molecule has 0 aliphatic rings. The summed E-state index contributed by atoms with van der Waals surface area (Å²) in [5.74, 6) is 0. The molecule has 0 bridgehead atoms. The van der Waals surface area contributed by atoms with Gasteiger partial charge in [0.15, 0.2) is 0 Å². The van der Waals surface area contributed by atoms with Gasteiger partial charge in [-0.05, 0) is 136 Å². The van der Waals surface area contributed by atoms with E-state index in [1.807, 2.05) is 24.3 Å². The van der Waals surface area contributed by atoms with E-state index in [2.05, 4.69) is 123 Å². The van der Waals surface area contributed by atoms with Gasteiger partial charge < -0.3 is 11.5 Å². The van der Waals surface area contributed by atoms with Crippen LogP contribution < -0.4 is 11.5 Å². The molecule has 6 aromatic rings. The number of benzene rings is 6. The Bertz CT molecular complexity index is 1790. The lowest BCUT2D eigenvalue weighted by Gasteiger charge is -2.13. The minimum atomic E-state index is 0.817. The lowest BCUT2D eigenvalue weighted by Crippen LogP contribution is -1.99. The molecule has 49 heavy (non-hydrogen) atoms. The fourth-order valence-electron chi connectivity index (χ4n) is 6.90. The number of hydrogen-bond acceptors (Lipinski definition) is 2. The van der Waals surface area contributed by atoms with Crippen LogP contribution in [-0.4, -0.2) is 0 Å². The van der Waals surface area contributed by atoms with Crippen molar-refractivity contribution in [3.05, 3.63) is 200 Å². The van der Waals surface area contributed by atoms with Crippen molar-refractivity contribution in [3.8, 4) is 0 Å². The Morgan fingerprint density at radius 1 is 0.306 bits per heavy atom. The topological polar surface area (TPSA) is 52.0 Å². The van der Waals surface area contributed by atoms with Gasteiger partial charge in [0.2, 0.25) is 0 Å². The van der Waals surface area contributed by atoms with E-state index in [9.17, 15) is 0 Å². The average Bonchev–Trinajstić information content (AvgIpc) is 3.11. The maximum absolute atomic E-state index is 5.90. The molecule has 0 fully saturated rings. The van der Waals surface area contributed by atoms with Crippen molar-refractivity contribution in [2.75, 3.05) is 11.5 Å². The number of hydrogen-bond donors (Lipinski definition) is 2. The third-order valence-corrected chi connectivity index (χ3v) is 9.60. The monoisotopic (exact) mass is 642 g/mol. The predicted octanol–water partition coefficient (Wildman–Crippen LogP) is 10.7. The van der Waals surface area contributed by atoms with E-state index in [0.717, 1.165) is 69.2 Å². The second kappa shape index (κ2) is 16.3. The first-order valence-electron chi connectivity index (χ1n) is 18.0. The van der Waals surface area contributed by atoms with Gasteiger partial charge in [-0.1, -0.05) is 136 Å². The summed E-state index contributed by atoms with van der Waals surface area (Å²) in [5, 5.41) is 0. The van der Waals surface area contributed by atoms with Gasteiger partial charge in [0, 0.05) is 11.4 Å². The molecule has 6 rings (SSSR count). The number of anilines is 2. The highest BCUT2D eigenvalue weighted by molar-refractivity contribution is 5.45. The van der Waals surface area contributed by atoms with Crippen molar-refractivity contribution in [1.29, 1.82) is 0 Å². The van der Waals surface area contributed by atoms with E-state index in [-0.39, 0.29) is 0 Å². The second-order valence-corrected chi connectivity index (χ2v) is 13.7. The van der Waals surface area contributed by atoms with E-state index < -0.39 is 0 Å². The lowest BCUT2D eigenvalue weighted by molar-refractivity contribution is 0.900. The zero-order valence-corrected chi connectivity index (χ0v) is 29.2. The standard InChI is InChI=1S/C47H50N2/c1-3-5-42-32-40(15-21-44(42)30-38-17-23-46(48)24-18-38)28-36-11-7-34(8-12-36)27-35-9-13-37(14-10-35)29-41-16-22-45(43(33-41)6-4-2)31-39-19-25-47(49)26-20-39/h7-26,32-33H,3-6,27-31,48-49H2,1-2H3. The maximum Gasteiger partial charge on any atom is 0.0314 e. The maximum atomic E-state index is 5.90. The van der Waals surface area contributed by atoms with Gasteiger partial charge in [-0.3, -0.25) is 0 Å². The summed E-state index contributed by atoms with van der Waals surface area (Å²) < 4.78 is 0. The van der Waals surface area contributed by atoms with E-state index in [0.29, 0.717) is 0 Å². The summed E-state index contributed by atoms with van der Waals surface area (Å²) in [7, 11) is 0. The molecule has 248 valence electrons. The molecule has 0 unspecified atom stereocenters. The van der Waals surface area contributed by atoms with E-state index >= 15 is 0 Å². The first kappa shape index (κ1) is 33.8. The first-order valence-corrected chi connectivity index (χ1v) is 18.0. The van der Waals surface area contributed by atoms with Crippen molar-refractivity contribution in [3.63, 3.8) is 0 Å². The molecule has 0 aliphatic carbocycles. The van der Waals surface area contributed by atoms with Gasteiger partial charge in [0.1, 0.15) is 0 Å². The van der Waals surface area contributed by atoms with Gasteiger partial charge >= 0.3 is 0 Å². The number of nitrogens with two attached hydrogens (primary N) is 2. The highest BCUT2D eigenvalue weighted by atomic mass is 14.5. The summed E-state index contributed by atoms with van der Waals surface area (Å²) in [6.45, 7) is 4.52. The van der Waals surface area contributed by atoms with Crippen molar-refractivity contribution in [2.24, 2.45) is 0 Å². The normalized spacial score (nSPS) is 11.1. The molecular weight excluding hydrogens is 593 g/mol. The Labute approximate surface area is 293 Å². The van der Waals surface area contributed by atoms with Gasteiger partial charge in [0.25, 0.3) is 0 Å². The molecule has 0 saturated heterocycles.